The SMILES string of the molecule is CN=C(C)/C(=C\N)c1oc2c(C(C)Nc3ccc(Cl)nc3C(=O)OC(C)(C)C)cc(C)cc2c(=O)c1C. The standard InChI is InChI=1S/C28H33ClN4O4/c1-14-11-18(17(4)32-21-9-10-22(29)33-23(21)27(35)37-28(5,6)7)26-19(12-14)24(34)15(2)25(36-26)20(13-30)16(3)31-8/h9-13,17,32H,30H2,1-8H3/b20-13+,31-16?. The van der Waals surface area contributed by atoms with Crippen molar-refractivity contribution >= 4 is 45.5 Å². The fourth-order valence-corrected chi connectivity index (χ4v) is 4.12. The number of nitrogens with two attached hydrogens (primary N) is 1. The lowest BCUT2D eigenvalue weighted by molar-refractivity contribution is 0.00640. The van der Waals surface area contributed by atoms with Gasteiger partial charge in [0.25, 0.3) is 0 Å². The number of allylic oxidation sites excluding steroid dienone is 1. The maximum Gasteiger partial charge on any atom is 0.359 e. The van der Waals surface area contributed by atoms with Crippen LogP contribution < -0.4 is 16.5 Å². The summed E-state index contributed by atoms with van der Waals surface area (Å²) in [6.45, 7) is 12.7. The third-order valence-corrected chi connectivity index (χ3v) is 6.03. The zero-order chi connectivity index (χ0) is 27.7. The Morgan fingerprint density at radius 1 is 1.27 bits per heavy atom. The Hall–Kier alpha value is -3.65. The summed E-state index contributed by atoms with van der Waals surface area (Å²) in [5.41, 5.74) is 9.18. The van der Waals surface area contributed by atoms with Crippen LogP contribution in [-0.2, 0) is 4.74 Å². The number of nitrogens with zero attached hydrogens (tertiary/aromatic N) is 2. The fraction of sp³-hybridized carbons (Fsp3) is 0.357. The van der Waals surface area contributed by atoms with E-state index in [2.05, 4.69) is 15.3 Å². The van der Waals surface area contributed by atoms with Crippen LogP contribution in [0.3, 0.4) is 0 Å². The summed E-state index contributed by atoms with van der Waals surface area (Å²) in [6, 6.07) is 6.61. The number of carbonyl (C=O) groups is 1. The van der Waals surface area contributed by atoms with E-state index < -0.39 is 17.6 Å². The Morgan fingerprint density at radius 3 is 2.54 bits per heavy atom. The van der Waals surface area contributed by atoms with Gasteiger partial charge in [-0.05, 0) is 72.2 Å². The molecular formula is C28H33ClN4O4. The van der Waals surface area contributed by atoms with Gasteiger partial charge in [-0.2, -0.15) is 0 Å². The quantitative estimate of drug-likeness (QED) is 0.231. The lowest BCUT2D eigenvalue weighted by atomic mass is 9.98. The molecule has 0 aliphatic heterocycles. The number of benzene rings is 1. The van der Waals surface area contributed by atoms with Crippen molar-refractivity contribution < 1.29 is 13.9 Å². The van der Waals surface area contributed by atoms with Crippen molar-refractivity contribution in [1.29, 1.82) is 0 Å². The number of halogens is 1. The molecule has 0 aliphatic carbocycles. The van der Waals surface area contributed by atoms with Crippen molar-refractivity contribution in [2.24, 2.45) is 10.7 Å². The van der Waals surface area contributed by atoms with Gasteiger partial charge in [-0.25, -0.2) is 9.78 Å². The third kappa shape index (κ3) is 6.02. The predicted molar refractivity (Wildman–Crippen MR) is 150 cm³/mol. The van der Waals surface area contributed by atoms with E-state index in [1.165, 1.54) is 6.20 Å². The molecule has 37 heavy (non-hydrogen) atoms. The minimum Gasteiger partial charge on any atom is -0.455 e. The highest BCUT2D eigenvalue weighted by Crippen LogP contribution is 2.32. The molecule has 1 atom stereocenters. The summed E-state index contributed by atoms with van der Waals surface area (Å²) >= 11 is 6.09. The lowest BCUT2D eigenvalue weighted by Gasteiger charge is -2.22. The number of ether oxygens (including phenoxy) is 1. The first kappa shape index (κ1) is 27.9. The highest BCUT2D eigenvalue weighted by molar-refractivity contribution is 6.29. The van der Waals surface area contributed by atoms with Gasteiger partial charge in [0.05, 0.1) is 22.7 Å². The summed E-state index contributed by atoms with van der Waals surface area (Å²) in [6.07, 6.45) is 1.39. The second-order valence-corrected chi connectivity index (χ2v) is 10.3. The van der Waals surface area contributed by atoms with E-state index in [1.54, 1.807) is 59.9 Å². The van der Waals surface area contributed by atoms with Gasteiger partial charge >= 0.3 is 5.97 Å². The number of hydrogen-bond acceptors (Lipinski definition) is 8. The zero-order valence-electron chi connectivity index (χ0n) is 22.4. The molecule has 0 amide bonds. The van der Waals surface area contributed by atoms with Crippen molar-refractivity contribution in [2.75, 3.05) is 12.4 Å². The Bertz CT molecular complexity index is 1480. The molecule has 196 valence electrons. The van der Waals surface area contributed by atoms with Crippen LogP contribution in [-0.4, -0.2) is 29.3 Å². The number of nitrogens with one attached hydrogen (secondary N) is 1. The van der Waals surface area contributed by atoms with E-state index in [-0.39, 0.29) is 16.3 Å². The van der Waals surface area contributed by atoms with Crippen LogP contribution in [0.15, 0.2) is 44.7 Å². The number of anilines is 1. The maximum atomic E-state index is 13.4. The van der Waals surface area contributed by atoms with Crippen LogP contribution in [0, 0.1) is 13.8 Å². The van der Waals surface area contributed by atoms with Crippen molar-refractivity contribution in [3.63, 3.8) is 0 Å². The van der Waals surface area contributed by atoms with E-state index in [1.807, 2.05) is 19.9 Å². The summed E-state index contributed by atoms with van der Waals surface area (Å²) < 4.78 is 11.9. The van der Waals surface area contributed by atoms with Gasteiger partial charge in [-0.3, -0.25) is 9.79 Å². The largest absolute Gasteiger partial charge is 0.455 e. The molecule has 2 aromatic heterocycles. The molecule has 3 aromatic rings. The summed E-state index contributed by atoms with van der Waals surface area (Å²) in [7, 11) is 1.65. The van der Waals surface area contributed by atoms with Crippen molar-refractivity contribution in [1.82, 2.24) is 4.98 Å². The Kier molecular flexibility index (Phi) is 8.12. The molecule has 0 saturated carbocycles. The first-order valence-electron chi connectivity index (χ1n) is 11.9. The number of aryl methyl sites for hydroxylation is 1. The lowest BCUT2D eigenvalue weighted by Crippen LogP contribution is -2.25. The molecule has 0 saturated heterocycles. The summed E-state index contributed by atoms with van der Waals surface area (Å²) in [5, 5.41) is 3.94. The Morgan fingerprint density at radius 2 is 1.95 bits per heavy atom. The third-order valence-electron chi connectivity index (χ3n) is 5.82. The average Bonchev–Trinajstić information content (AvgIpc) is 2.82. The molecular weight excluding hydrogens is 492 g/mol. The highest BCUT2D eigenvalue weighted by Gasteiger charge is 2.25. The number of aliphatic imine (C=N–C) groups is 1. The number of esters is 1. The van der Waals surface area contributed by atoms with Gasteiger partial charge in [0, 0.05) is 30.1 Å². The first-order chi connectivity index (χ1) is 17.3. The molecule has 9 heteroatoms. The van der Waals surface area contributed by atoms with Crippen LogP contribution in [0.25, 0.3) is 16.5 Å². The van der Waals surface area contributed by atoms with Crippen molar-refractivity contribution in [3.05, 3.63) is 74.0 Å². The average molecular weight is 525 g/mol. The van der Waals surface area contributed by atoms with E-state index in [9.17, 15) is 9.59 Å². The number of hydrogen-bond donors (Lipinski definition) is 2. The highest BCUT2D eigenvalue weighted by atomic mass is 35.5. The first-order valence-corrected chi connectivity index (χ1v) is 12.3. The van der Waals surface area contributed by atoms with Gasteiger partial charge < -0.3 is 20.2 Å². The fourth-order valence-electron chi connectivity index (χ4n) is 3.97. The van der Waals surface area contributed by atoms with E-state index in [0.29, 0.717) is 39.3 Å². The molecule has 0 fully saturated rings. The molecule has 0 spiro atoms. The molecule has 3 N–H and O–H groups in total. The van der Waals surface area contributed by atoms with Gasteiger partial charge in [0.1, 0.15) is 22.1 Å². The predicted octanol–water partition coefficient (Wildman–Crippen LogP) is 5.98. The molecule has 0 aliphatic rings. The zero-order valence-corrected chi connectivity index (χ0v) is 23.2. The summed E-state index contributed by atoms with van der Waals surface area (Å²) in [5.74, 6) is -0.238. The topological polar surface area (TPSA) is 120 Å². The van der Waals surface area contributed by atoms with Gasteiger partial charge in [-0.1, -0.05) is 17.7 Å². The van der Waals surface area contributed by atoms with Gasteiger partial charge in [-0.15, -0.1) is 0 Å². The van der Waals surface area contributed by atoms with Crippen LogP contribution in [0.1, 0.15) is 73.6 Å². The molecule has 8 nitrogen and oxygen atoms in total. The minimum atomic E-state index is -0.706. The van der Waals surface area contributed by atoms with Crippen molar-refractivity contribution in [2.45, 2.75) is 60.1 Å². The summed E-state index contributed by atoms with van der Waals surface area (Å²) in [4.78, 5) is 34.7. The molecule has 1 unspecified atom stereocenters. The Labute approximate surface area is 221 Å². The number of rotatable bonds is 6. The second-order valence-electron chi connectivity index (χ2n) is 9.90. The van der Waals surface area contributed by atoms with Crippen LogP contribution >= 0.6 is 11.6 Å². The van der Waals surface area contributed by atoms with Crippen molar-refractivity contribution in [3.8, 4) is 0 Å². The van der Waals surface area contributed by atoms with Crippen LogP contribution in [0.4, 0.5) is 5.69 Å². The molecule has 2 heterocycles. The van der Waals surface area contributed by atoms with Crippen LogP contribution in [0.5, 0.6) is 0 Å². The number of aromatic nitrogens is 1. The van der Waals surface area contributed by atoms with Crippen LogP contribution in [0.2, 0.25) is 5.15 Å². The van der Waals surface area contributed by atoms with E-state index in [4.69, 9.17) is 26.5 Å². The molecule has 1 aromatic carbocycles. The maximum absolute atomic E-state index is 13.4. The number of pyridine rings is 1. The van der Waals surface area contributed by atoms with Gasteiger partial charge in [0.15, 0.2) is 11.1 Å². The molecule has 0 radical (unpaired) electrons. The normalized spacial score (nSPS) is 13.5. The second kappa shape index (κ2) is 10.8. The number of carbonyl (C=O) groups excluding carboxylic acids is 1. The Balaban J connectivity index is 2.18. The smallest absolute Gasteiger partial charge is 0.359 e. The van der Waals surface area contributed by atoms with Gasteiger partial charge in [0.2, 0.25) is 0 Å². The monoisotopic (exact) mass is 524 g/mol. The number of fused-ring (bicyclic) bond motifs is 1. The molecule has 3 rings (SSSR count). The minimum absolute atomic E-state index is 0.0624. The van der Waals surface area contributed by atoms with E-state index >= 15 is 0 Å². The van der Waals surface area contributed by atoms with E-state index in [0.717, 1.165) is 11.1 Å². The molecule has 0 bridgehead atoms.